The molecule has 0 saturated heterocycles. The number of nitrogens with zero attached hydrogens (tertiary/aromatic N) is 3. The van der Waals surface area contributed by atoms with Gasteiger partial charge >= 0.3 is 5.82 Å². The van der Waals surface area contributed by atoms with Crippen molar-refractivity contribution in [2.75, 3.05) is 0 Å². The van der Waals surface area contributed by atoms with E-state index in [-0.39, 0.29) is 29.7 Å². The Morgan fingerprint density at radius 2 is 2.12 bits per heavy atom. The van der Waals surface area contributed by atoms with E-state index in [1.807, 2.05) is 39.8 Å². The lowest BCUT2D eigenvalue weighted by atomic mass is 9.85. The Hall–Kier alpha value is -2.64. The quantitative estimate of drug-likeness (QED) is 0.638. The number of nitro groups is 1. The average Bonchev–Trinajstić information content (AvgIpc) is 3.11. The minimum Gasteiger partial charge on any atom is -0.464 e. The first-order valence-corrected chi connectivity index (χ1v) is 8.18. The first-order valence-electron chi connectivity index (χ1n) is 8.18. The van der Waals surface area contributed by atoms with Crippen molar-refractivity contribution in [3.8, 4) is 0 Å². The molecule has 1 atom stereocenters. The third kappa shape index (κ3) is 4.46. The standard InChI is InChI=1S/C17H24N4O4/c1-6-12-7-8-13(25-12)16(17(3,4)5)19-15(22)10-20-9-14(21(23)24)18-11(20)2/h7-9,16H,6,10H2,1-5H3,(H,19,22)/t16-/m0/s1. The summed E-state index contributed by atoms with van der Waals surface area (Å²) in [4.78, 5) is 26.5. The van der Waals surface area contributed by atoms with Gasteiger partial charge in [0.15, 0.2) is 0 Å². The second-order valence-electron chi connectivity index (χ2n) is 7.06. The predicted molar refractivity (Wildman–Crippen MR) is 92.0 cm³/mol. The number of aromatic nitrogens is 2. The normalized spacial score (nSPS) is 12.8. The van der Waals surface area contributed by atoms with Crippen LogP contribution < -0.4 is 5.32 Å². The zero-order valence-electron chi connectivity index (χ0n) is 15.2. The van der Waals surface area contributed by atoms with Gasteiger partial charge in [-0.05, 0) is 27.5 Å². The fourth-order valence-corrected chi connectivity index (χ4v) is 2.56. The van der Waals surface area contributed by atoms with Gasteiger partial charge in [0.2, 0.25) is 11.7 Å². The van der Waals surface area contributed by atoms with Crippen LogP contribution in [0.1, 0.15) is 51.1 Å². The van der Waals surface area contributed by atoms with Crippen molar-refractivity contribution in [1.82, 2.24) is 14.9 Å². The molecule has 0 aliphatic heterocycles. The van der Waals surface area contributed by atoms with Crippen LogP contribution in [0, 0.1) is 22.5 Å². The van der Waals surface area contributed by atoms with Gasteiger partial charge in [-0.2, -0.15) is 0 Å². The topological polar surface area (TPSA) is 103 Å². The minimum absolute atomic E-state index is 0.0411. The molecule has 0 radical (unpaired) electrons. The molecule has 2 heterocycles. The summed E-state index contributed by atoms with van der Waals surface area (Å²) in [5.41, 5.74) is -0.255. The molecule has 1 amide bonds. The van der Waals surface area contributed by atoms with Gasteiger partial charge in [-0.3, -0.25) is 9.36 Å². The predicted octanol–water partition coefficient (Wildman–Crippen LogP) is 3.16. The van der Waals surface area contributed by atoms with Crippen LogP contribution in [0.15, 0.2) is 22.7 Å². The van der Waals surface area contributed by atoms with Crippen LogP contribution in [0.2, 0.25) is 0 Å². The highest BCUT2D eigenvalue weighted by Crippen LogP contribution is 2.33. The molecule has 0 spiro atoms. The van der Waals surface area contributed by atoms with Gasteiger partial charge in [0.1, 0.15) is 24.3 Å². The van der Waals surface area contributed by atoms with Gasteiger partial charge in [-0.15, -0.1) is 0 Å². The Bertz CT molecular complexity index is 770. The molecule has 136 valence electrons. The summed E-state index contributed by atoms with van der Waals surface area (Å²) in [6.07, 6.45) is 2.05. The summed E-state index contributed by atoms with van der Waals surface area (Å²) in [6.45, 7) is 9.63. The molecule has 8 nitrogen and oxygen atoms in total. The van der Waals surface area contributed by atoms with Crippen LogP contribution >= 0.6 is 0 Å². The number of nitrogens with one attached hydrogen (secondary N) is 1. The maximum Gasteiger partial charge on any atom is 0.381 e. The first kappa shape index (κ1) is 18.7. The second-order valence-corrected chi connectivity index (χ2v) is 7.06. The van der Waals surface area contributed by atoms with Gasteiger partial charge in [0, 0.05) is 13.3 Å². The van der Waals surface area contributed by atoms with Gasteiger partial charge < -0.3 is 19.8 Å². The number of aryl methyl sites for hydroxylation is 2. The fourth-order valence-electron chi connectivity index (χ4n) is 2.56. The molecule has 8 heteroatoms. The molecule has 2 rings (SSSR count). The summed E-state index contributed by atoms with van der Waals surface area (Å²) in [5, 5.41) is 13.8. The van der Waals surface area contributed by atoms with E-state index in [2.05, 4.69) is 10.3 Å². The molecule has 0 aromatic carbocycles. The van der Waals surface area contributed by atoms with E-state index >= 15 is 0 Å². The molecule has 0 fully saturated rings. The van der Waals surface area contributed by atoms with E-state index in [1.165, 1.54) is 10.8 Å². The van der Waals surface area contributed by atoms with Crippen molar-refractivity contribution in [2.24, 2.45) is 5.41 Å². The van der Waals surface area contributed by atoms with Crippen LogP contribution in [0.5, 0.6) is 0 Å². The SMILES string of the molecule is CCc1ccc([C@H](NC(=O)Cn2cc([N+](=O)[O-])nc2C)C(C)(C)C)o1. The zero-order chi connectivity index (χ0) is 18.8. The Kier molecular flexibility index (Phi) is 5.30. The summed E-state index contributed by atoms with van der Waals surface area (Å²) in [5.74, 6) is 1.45. The van der Waals surface area contributed by atoms with Crippen LogP contribution in [0.3, 0.4) is 0 Å². The number of carbonyl (C=O) groups is 1. The van der Waals surface area contributed by atoms with Gasteiger partial charge in [0.25, 0.3) is 0 Å². The molecule has 0 unspecified atom stereocenters. The zero-order valence-corrected chi connectivity index (χ0v) is 15.2. The van der Waals surface area contributed by atoms with Gasteiger partial charge in [0.05, 0.1) is 6.04 Å². The lowest BCUT2D eigenvalue weighted by Gasteiger charge is -2.30. The molecular weight excluding hydrogens is 324 g/mol. The number of amides is 1. The third-order valence-electron chi connectivity index (χ3n) is 3.95. The highest BCUT2D eigenvalue weighted by molar-refractivity contribution is 5.76. The molecule has 0 saturated carbocycles. The summed E-state index contributed by atoms with van der Waals surface area (Å²) in [6, 6.07) is 3.48. The van der Waals surface area contributed by atoms with Crippen molar-refractivity contribution in [3.63, 3.8) is 0 Å². The Labute approximate surface area is 146 Å². The number of imidazole rings is 1. The van der Waals surface area contributed by atoms with E-state index < -0.39 is 4.92 Å². The van der Waals surface area contributed by atoms with Crippen LogP contribution in [-0.4, -0.2) is 20.4 Å². The van der Waals surface area contributed by atoms with Crippen LogP contribution in [0.4, 0.5) is 5.82 Å². The number of furan rings is 1. The molecule has 0 aliphatic rings. The van der Waals surface area contributed by atoms with E-state index in [0.29, 0.717) is 11.6 Å². The smallest absolute Gasteiger partial charge is 0.381 e. The minimum atomic E-state index is -0.575. The Morgan fingerprint density at radius 3 is 2.60 bits per heavy atom. The second kappa shape index (κ2) is 7.08. The third-order valence-corrected chi connectivity index (χ3v) is 3.95. The number of carbonyl (C=O) groups excluding carboxylic acids is 1. The van der Waals surface area contributed by atoms with Crippen molar-refractivity contribution in [1.29, 1.82) is 0 Å². The number of hydrogen-bond acceptors (Lipinski definition) is 5. The Morgan fingerprint density at radius 1 is 1.44 bits per heavy atom. The largest absolute Gasteiger partial charge is 0.464 e. The lowest BCUT2D eigenvalue weighted by Crippen LogP contribution is -2.38. The van der Waals surface area contributed by atoms with Crippen molar-refractivity contribution in [2.45, 2.75) is 53.6 Å². The van der Waals surface area contributed by atoms with E-state index in [1.54, 1.807) is 6.92 Å². The summed E-state index contributed by atoms with van der Waals surface area (Å²) < 4.78 is 7.27. The Balaban J connectivity index is 2.16. The fraction of sp³-hybridized carbons (Fsp3) is 0.529. The lowest BCUT2D eigenvalue weighted by molar-refractivity contribution is -0.389. The maximum atomic E-state index is 12.5. The van der Waals surface area contributed by atoms with Gasteiger partial charge in [-0.25, -0.2) is 0 Å². The van der Waals surface area contributed by atoms with Gasteiger partial charge in [-0.1, -0.05) is 27.7 Å². The summed E-state index contributed by atoms with van der Waals surface area (Å²) in [7, 11) is 0. The highest BCUT2D eigenvalue weighted by atomic mass is 16.6. The van der Waals surface area contributed by atoms with E-state index in [9.17, 15) is 14.9 Å². The number of hydrogen-bond donors (Lipinski definition) is 1. The molecular formula is C17H24N4O4. The van der Waals surface area contributed by atoms with E-state index in [4.69, 9.17) is 4.42 Å². The molecule has 2 aromatic rings. The molecule has 2 aromatic heterocycles. The molecule has 0 aliphatic carbocycles. The first-order chi connectivity index (χ1) is 11.6. The van der Waals surface area contributed by atoms with Crippen molar-refractivity contribution in [3.05, 3.63) is 45.8 Å². The van der Waals surface area contributed by atoms with Crippen molar-refractivity contribution < 1.29 is 14.1 Å². The van der Waals surface area contributed by atoms with Crippen LogP contribution in [0.25, 0.3) is 0 Å². The summed E-state index contributed by atoms with van der Waals surface area (Å²) >= 11 is 0. The van der Waals surface area contributed by atoms with Crippen molar-refractivity contribution >= 4 is 11.7 Å². The molecule has 1 N–H and O–H groups in total. The molecule has 0 bridgehead atoms. The maximum absolute atomic E-state index is 12.5. The average molecular weight is 348 g/mol. The monoisotopic (exact) mass is 348 g/mol. The molecule has 25 heavy (non-hydrogen) atoms. The van der Waals surface area contributed by atoms with Crippen LogP contribution in [-0.2, 0) is 17.8 Å². The van der Waals surface area contributed by atoms with E-state index in [0.717, 1.165) is 12.2 Å². The number of rotatable bonds is 6. The highest BCUT2D eigenvalue weighted by Gasteiger charge is 2.31.